The molecular weight excluding hydrogens is 327 g/mol. The van der Waals surface area contributed by atoms with Gasteiger partial charge in [0.1, 0.15) is 5.82 Å². The number of methoxy groups -OCH3 is 1. The first kappa shape index (κ1) is 16.2. The van der Waals surface area contributed by atoms with Crippen molar-refractivity contribution in [3.05, 3.63) is 22.3 Å². The SMILES string of the molecule is COCCNCCNc1ncc(Br)cc1C(F)(F)F. The molecule has 1 aromatic heterocycles. The largest absolute Gasteiger partial charge is 0.419 e. The maximum Gasteiger partial charge on any atom is 0.419 e. The Morgan fingerprint density at radius 2 is 2.05 bits per heavy atom. The molecule has 0 atom stereocenters. The Labute approximate surface area is 117 Å². The van der Waals surface area contributed by atoms with E-state index in [0.29, 0.717) is 30.7 Å². The number of rotatable bonds is 7. The maximum absolute atomic E-state index is 12.8. The van der Waals surface area contributed by atoms with Gasteiger partial charge < -0.3 is 15.4 Å². The molecule has 0 radical (unpaired) electrons. The third-order valence-corrected chi connectivity index (χ3v) is 2.67. The lowest BCUT2D eigenvalue weighted by atomic mass is 10.2. The summed E-state index contributed by atoms with van der Waals surface area (Å²) in [7, 11) is 1.58. The van der Waals surface area contributed by atoms with Crippen molar-refractivity contribution in [2.24, 2.45) is 0 Å². The zero-order valence-corrected chi connectivity index (χ0v) is 11.9. The summed E-state index contributed by atoms with van der Waals surface area (Å²) in [6.45, 7) is 2.09. The summed E-state index contributed by atoms with van der Waals surface area (Å²) >= 11 is 2.98. The summed E-state index contributed by atoms with van der Waals surface area (Å²) in [6, 6.07) is 1.01. The number of hydrogen-bond donors (Lipinski definition) is 2. The molecule has 1 rings (SSSR count). The van der Waals surface area contributed by atoms with Crippen molar-refractivity contribution in [3.63, 3.8) is 0 Å². The average molecular weight is 342 g/mol. The Balaban J connectivity index is 2.54. The summed E-state index contributed by atoms with van der Waals surface area (Å²) in [5.74, 6) is -0.163. The fourth-order valence-electron chi connectivity index (χ4n) is 1.36. The number of anilines is 1. The van der Waals surface area contributed by atoms with Gasteiger partial charge in [-0.1, -0.05) is 0 Å². The van der Waals surface area contributed by atoms with Crippen LogP contribution in [-0.4, -0.2) is 38.3 Å². The van der Waals surface area contributed by atoms with E-state index in [9.17, 15) is 13.2 Å². The van der Waals surface area contributed by atoms with Gasteiger partial charge in [-0.05, 0) is 22.0 Å². The molecule has 1 heterocycles. The van der Waals surface area contributed by atoms with Crippen molar-refractivity contribution in [2.45, 2.75) is 6.18 Å². The smallest absolute Gasteiger partial charge is 0.383 e. The van der Waals surface area contributed by atoms with Crippen LogP contribution in [0.5, 0.6) is 0 Å². The minimum atomic E-state index is -4.43. The number of aromatic nitrogens is 1. The first-order chi connectivity index (χ1) is 8.95. The fourth-order valence-corrected chi connectivity index (χ4v) is 1.70. The molecule has 0 aliphatic carbocycles. The van der Waals surface area contributed by atoms with Gasteiger partial charge in [0, 0.05) is 37.4 Å². The van der Waals surface area contributed by atoms with Crippen LogP contribution < -0.4 is 10.6 Å². The third-order valence-electron chi connectivity index (χ3n) is 2.24. The van der Waals surface area contributed by atoms with Gasteiger partial charge in [-0.2, -0.15) is 13.2 Å². The number of ether oxygens (including phenoxy) is 1. The zero-order chi connectivity index (χ0) is 14.3. The Hall–Kier alpha value is -0.860. The molecule has 0 aliphatic rings. The maximum atomic E-state index is 12.8. The molecule has 0 aromatic carbocycles. The lowest BCUT2D eigenvalue weighted by Crippen LogP contribution is -2.26. The first-order valence-corrected chi connectivity index (χ1v) is 6.40. The van der Waals surface area contributed by atoms with Gasteiger partial charge in [0.05, 0.1) is 12.2 Å². The molecule has 0 aliphatic heterocycles. The van der Waals surface area contributed by atoms with Crippen LogP contribution in [0.4, 0.5) is 19.0 Å². The van der Waals surface area contributed by atoms with Gasteiger partial charge >= 0.3 is 6.18 Å². The van der Waals surface area contributed by atoms with Gasteiger partial charge in [-0.3, -0.25) is 0 Å². The summed E-state index contributed by atoms with van der Waals surface area (Å²) in [5.41, 5.74) is -0.779. The van der Waals surface area contributed by atoms with E-state index < -0.39 is 11.7 Å². The van der Waals surface area contributed by atoms with Crippen LogP contribution in [-0.2, 0) is 10.9 Å². The number of nitrogens with zero attached hydrogens (tertiary/aromatic N) is 1. The van der Waals surface area contributed by atoms with Crippen molar-refractivity contribution >= 4 is 21.7 Å². The second-order valence-electron chi connectivity index (χ2n) is 3.72. The van der Waals surface area contributed by atoms with Crippen LogP contribution in [0.2, 0.25) is 0 Å². The van der Waals surface area contributed by atoms with Crippen molar-refractivity contribution in [3.8, 4) is 0 Å². The summed E-state index contributed by atoms with van der Waals surface area (Å²) in [5, 5.41) is 5.69. The standard InChI is InChI=1S/C11H15BrF3N3O/c1-19-5-4-16-2-3-17-10-9(11(13,14)15)6-8(12)7-18-10/h6-7,16H,2-5H2,1H3,(H,17,18). The van der Waals surface area contributed by atoms with Crippen LogP contribution in [0.3, 0.4) is 0 Å². The Morgan fingerprint density at radius 1 is 1.32 bits per heavy atom. The predicted octanol–water partition coefficient (Wildman–Crippen LogP) is 2.51. The molecule has 0 saturated carbocycles. The highest BCUT2D eigenvalue weighted by molar-refractivity contribution is 9.10. The summed E-state index contributed by atoms with van der Waals surface area (Å²) in [6.07, 6.45) is -3.10. The van der Waals surface area contributed by atoms with Crippen LogP contribution in [0.25, 0.3) is 0 Å². The summed E-state index contributed by atoms with van der Waals surface area (Å²) in [4.78, 5) is 3.75. The zero-order valence-electron chi connectivity index (χ0n) is 10.4. The highest BCUT2D eigenvalue weighted by atomic mass is 79.9. The van der Waals surface area contributed by atoms with Gasteiger partial charge in [0.25, 0.3) is 0 Å². The minimum Gasteiger partial charge on any atom is -0.383 e. The molecule has 0 saturated heterocycles. The number of halogens is 4. The number of hydrogen-bond acceptors (Lipinski definition) is 4. The lowest BCUT2D eigenvalue weighted by Gasteiger charge is -2.14. The van der Waals surface area contributed by atoms with E-state index in [-0.39, 0.29) is 5.82 Å². The van der Waals surface area contributed by atoms with E-state index in [1.54, 1.807) is 7.11 Å². The van der Waals surface area contributed by atoms with Crippen LogP contribution in [0.15, 0.2) is 16.7 Å². The molecule has 0 bridgehead atoms. The predicted molar refractivity (Wildman–Crippen MR) is 70.2 cm³/mol. The van der Waals surface area contributed by atoms with E-state index in [0.717, 1.165) is 6.07 Å². The second-order valence-corrected chi connectivity index (χ2v) is 4.63. The quantitative estimate of drug-likeness (QED) is 0.748. The highest BCUT2D eigenvalue weighted by Gasteiger charge is 2.34. The lowest BCUT2D eigenvalue weighted by molar-refractivity contribution is -0.137. The van der Waals surface area contributed by atoms with E-state index in [2.05, 4.69) is 31.5 Å². The third kappa shape index (κ3) is 5.75. The van der Waals surface area contributed by atoms with Gasteiger partial charge in [0.2, 0.25) is 0 Å². The van der Waals surface area contributed by atoms with E-state index >= 15 is 0 Å². The van der Waals surface area contributed by atoms with Crippen molar-refractivity contribution < 1.29 is 17.9 Å². The van der Waals surface area contributed by atoms with Crippen LogP contribution >= 0.6 is 15.9 Å². The van der Waals surface area contributed by atoms with Gasteiger partial charge in [-0.15, -0.1) is 0 Å². The molecule has 0 amide bonds. The second kappa shape index (κ2) is 7.66. The molecule has 19 heavy (non-hydrogen) atoms. The van der Waals surface area contributed by atoms with Gasteiger partial charge in [-0.25, -0.2) is 4.98 Å². The van der Waals surface area contributed by atoms with E-state index in [1.807, 2.05) is 0 Å². The van der Waals surface area contributed by atoms with E-state index in [4.69, 9.17) is 4.74 Å². The van der Waals surface area contributed by atoms with E-state index in [1.165, 1.54) is 6.20 Å². The molecule has 0 fully saturated rings. The topological polar surface area (TPSA) is 46.2 Å². The molecule has 4 nitrogen and oxygen atoms in total. The first-order valence-electron chi connectivity index (χ1n) is 5.61. The Kier molecular flexibility index (Phi) is 6.53. The fraction of sp³-hybridized carbons (Fsp3) is 0.545. The van der Waals surface area contributed by atoms with Crippen LogP contribution in [0, 0.1) is 0 Å². The highest BCUT2D eigenvalue weighted by Crippen LogP contribution is 2.35. The Bertz CT molecular complexity index is 401. The number of alkyl halides is 3. The molecule has 1 aromatic rings. The average Bonchev–Trinajstić information content (AvgIpc) is 2.34. The molecule has 108 valence electrons. The molecule has 8 heteroatoms. The minimum absolute atomic E-state index is 0.163. The van der Waals surface area contributed by atoms with Crippen LogP contribution in [0.1, 0.15) is 5.56 Å². The van der Waals surface area contributed by atoms with Crippen molar-refractivity contribution in [1.82, 2.24) is 10.3 Å². The number of pyridine rings is 1. The molecule has 0 spiro atoms. The Morgan fingerprint density at radius 3 is 2.68 bits per heavy atom. The molecule has 0 unspecified atom stereocenters. The normalized spacial score (nSPS) is 11.6. The molecular formula is C11H15BrF3N3O. The van der Waals surface area contributed by atoms with Crippen molar-refractivity contribution in [1.29, 1.82) is 0 Å². The van der Waals surface area contributed by atoms with Gasteiger partial charge in [0.15, 0.2) is 0 Å². The summed E-state index contributed by atoms with van der Waals surface area (Å²) < 4.78 is 43.4. The van der Waals surface area contributed by atoms with Crippen molar-refractivity contribution in [2.75, 3.05) is 38.7 Å². The molecule has 2 N–H and O–H groups in total. The monoisotopic (exact) mass is 341 g/mol. The number of nitrogens with one attached hydrogen (secondary N) is 2.